The van der Waals surface area contributed by atoms with E-state index in [1.54, 1.807) is 5.38 Å². The zero-order chi connectivity index (χ0) is 21.3. The van der Waals surface area contributed by atoms with Crippen LogP contribution >= 0.6 is 22.7 Å². The number of hydrogen-bond acceptors (Lipinski definition) is 7. The summed E-state index contributed by atoms with van der Waals surface area (Å²) in [6.45, 7) is 7.41. The number of amides is 2. The maximum Gasteiger partial charge on any atom is 0.271 e. The monoisotopic (exact) mass is 444 g/mol. The molecule has 0 aromatic carbocycles. The number of nitrogens with one attached hydrogen (secondary N) is 1. The quantitative estimate of drug-likeness (QED) is 0.641. The number of piperidine rings is 1. The molecule has 158 valence electrons. The first kappa shape index (κ1) is 20.7. The Labute approximate surface area is 183 Å². The molecule has 0 saturated carbocycles. The summed E-state index contributed by atoms with van der Waals surface area (Å²) in [6, 6.07) is 3.73. The van der Waals surface area contributed by atoms with Crippen molar-refractivity contribution in [1.82, 2.24) is 20.2 Å². The van der Waals surface area contributed by atoms with Crippen LogP contribution in [0.5, 0.6) is 0 Å². The van der Waals surface area contributed by atoms with Crippen molar-refractivity contribution in [2.24, 2.45) is 0 Å². The number of thiazole rings is 2. The molecular weight excluding hydrogens is 420 g/mol. The first-order valence-corrected chi connectivity index (χ1v) is 11.6. The molecule has 0 radical (unpaired) electrons. The summed E-state index contributed by atoms with van der Waals surface area (Å²) < 4.78 is 5.47. The van der Waals surface area contributed by atoms with Gasteiger partial charge in [-0.2, -0.15) is 0 Å². The molecule has 0 bridgehead atoms. The van der Waals surface area contributed by atoms with E-state index < -0.39 is 0 Å². The molecule has 0 aliphatic carbocycles. The van der Waals surface area contributed by atoms with Gasteiger partial charge in [-0.1, -0.05) is 0 Å². The van der Waals surface area contributed by atoms with Gasteiger partial charge in [0.05, 0.1) is 22.3 Å². The smallest absolute Gasteiger partial charge is 0.271 e. The van der Waals surface area contributed by atoms with E-state index >= 15 is 0 Å². The van der Waals surface area contributed by atoms with Gasteiger partial charge in [-0.15, -0.1) is 22.7 Å². The van der Waals surface area contributed by atoms with Gasteiger partial charge in [-0.3, -0.25) is 9.59 Å². The molecule has 4 heterocycles. The summed E-state index contributed by atoms with van der Waals surface area (Å²) in [5.74, 6) is 1.69. The summed E-state index contributed by atoms with van der Waals surface area (Å²) >= 11 is 2.98. The topological polar surface area (TPSA) is 88.3 Å². The van der Waals surface area contributed by atoms with Crippen LogP contribution in [0.2, 0.25) is 0 Å². The fraction of sp³-hybridized carbons (Fsp3) is 0.429. The number of aromatic nitrogens is 2. The van der Waals surface area contributed by atoms with E-state index in [4.69, 9.17) is 4.42 Å². The Morgan fingerprint density at radius 2 is 1.97 bits per heavy atom. The van der Waals surface area contributed by atoms with Crippen LogP contribution in [0.3, 0.4) is 0 Å². The van der Waals surface area contributed by atoms with E-state index in [0.717, 1.165) is 44.9 Å². The maximum absolute atomic E-state index is 12.8. The molecule has 0 unspecified atom stereocenters. The summed E-state index contributed by atoms with van der Waals surface area (Å²) in [4.78, 5) is 36.7. The normalized spacial score (nSPS) is 14.8. The second-order valence-electron chi connectivity index (χ2n) is 7.48. The second-order valence-corrected chi connectivity index (χ2v) is 9.57. The minimum Gasteiger partial charge on any atom is -0.465 e. The fourth-order valence-electron chi connectivity index (χ4n) is 3.62. The predicted octanol–water partition coefficient (Wildman–Crippen LogP) is 4.07. The molecule has 30 heavy (non-hydrogen) atoms. The number of hydrogen-bond donors (Lipinski definition) is 1. The highest BCUT2D eigenvalue weighted by atomic mass is 32.1. The average molecular weight is 445 g/mol. The van der Waals surface area contributed by atoms with Crippen molar-refractivity contribution in [3.8, 4) is 0 Å². The van der Waals surface area contributed by atoms with Crippen LogP contribution in [0.4, 0.5) is 0 Å². The first-order chi connectivity index (χ1) is 14.4. The molecule has 3 aromatic rings. The van der Waals surface area contributed by atoms with Crippen molar-refractivity contribution in [1.29, 1.82) is 0 Å². The number of carbonyl (C=O) groups excluding carboxylic acids is 2. The Bertz CT molecular complexity index is 1060. The van der Waals surface area contributed by atoms with E-state index in [1.807, 2.05) is 37.8 Å². The lowest BCUT2D eigenvalue weighted by Gasteiger charge is -2.30. The number of furan rings is 1. The SMILES string of the molecule is Cc1ccc(CNC(=O)c2csc(C3CCN(C(=O)c4sc(C)nc4C)CC3)n2)o1. The minimum atomic E-state index is -0.199. The van der Waals surface area contributed by atoms with Crippen LogP contribution in [0.1, 0.15) is 66.1 Å². The van der Waals surface area contributed by atoms with Gasteiger partial charge in [0.1, 0.15) is 22.1 Å². The summed E-state index contributed by atoms with van der Waals surface area (Å²) in [5.41, 5.74) is 1.25. The van der Waals surface area contributed by atoms with E-state index in [9.17, 15) is 9.59 Å². The highest BCUT2D eigenvalue weighted by Crippen LogP contribution is 2.31. The van der Waals surface area contributed by atoms with Crippen molar-refractivity contribution < 1.29 is 14.0 Å². The molecule has 2 amide bonds. The number of likely N-dealkylation sites (tertiary alicyclic amines) is 1. The highest BCUT2D eigenvalue weighted by Gasteiger charge is 2.28. The Kier molecular flexibility index (Phi) is 6.01. The Hall–Kier alpha value is -2.52. The van der Waals surface area contributed by atoms with E-state index in [1.165, 1.54) is 22.7 Å². The number of carbonyl (C=O) groups is 2. The van der Waals surface area contributed by atoms with E-state index in [-0.39, 0.29) is 17.7 Å². The molecule has 0 spiro atoms. The lowest BCUT2D eigenvalue weighted by molar-refractivity contribution is 0.0717. The van der Waals surface area contributed by atoms with E-state index in [0.29, 0.717) is 25.3 Å². The molecule has 0 atom stereocenters. The number of nitrogens with zero attached hydrogens (tertiary/aromatic N) is 3. The van der Waals surface area contributed by atoms with Crippen molar-refractivity contribution in [2.75, 3.05) is 13.1 Å². The average Bonchev–Trinajstić information content (AvgIpc) is 3.46. The summed E-state index contributed by atoms with van der Waals surface area (Å²) in [7, 11) is 0. The zero-order valence-electron chi connectivity index (χ0n) is 17.2. The first-order valence-electron chi connectivity index (χ1n) is 9.93. The molecule has 1 aliphatic rings. The van der Waals surface area contributed by atoms with Gasteiger partial charge in [-0.25, -0.2) is 9.97 Å². The third-order valence-corrected chi connectivity index (χ3v) is 7.27. The second kappa shape index (κ2) is 8.69. The molecule has 7 nitrogen and oxygen atoms in total. The van der Waals surface area contributed by atoms with Gasteiger partial charge < -0.3 is 14.6 Å². The molecule has 3 aromatic heterocycles. The van der Waals surface area contributed by atoms with Gasteiger partial charge >= 0.3 is 0 Å². The van der Waals surface area contributed by atoms with Crippen LogP contribution in [0, 0.1) is 20.8 Å². The lowest BCUT2D eigenvalue weighted by Crippen LogP contribution is -2.37. The van der Waals surface area contributed by atoms with Crippen molar-refractivity contribution in [3.05, 3.63) is 55.3 Å². The van der Waals surface area contributed by atoms with Crippen molar-refractivity contribution in [3.63, 3.8) is 0 Å². The predicted molar refractivity (Wildman–Crippen MR) is 116 cm³/mol. The van der Waals surface area contributed by atoms with Crippen LogP contribution in [0.15, 0.2) is 21.9 Å². The molecule has 1 saturated heterocycles. The molecule has 1 N–H and O–H groups in total. The van der Waals surface area contributed by atoms with Gasteiger partial charge in [0, 0.05) is 24.4 Å². The van der Waals surface area contributed by atoms with Crippen molar-refractivity contribution in [2.45, 2.75) is 46.1 Å². The van der Waals surface area contributed by atoms with Crippen LogP contribution in [-0.2, 0) is 6.54 Å². The van der Waals surface area contributed by atoms with Crippen LogP contribution in [0.25, 0.3) is 0 Å². The summed E-state index contributed by atoms with van der Waals surface area (Å²) in [6.07, 6.45) is 1.70. The standard InChI is InChI=1S/C21H24N4O3S2/c1-12-4-5-16(28-12)10-22-19(26)17-11-29-20(24-17)15-6-8-25(9-7-15)21(27)18-13(2)23-14(3)30-18/h4-5,11,15H,6-10H2,1-3H3,(H,22,26). The Morgan fingerprint density at radius 1 is 1.20 bits per heavy atom. The van der Waals surface area contributed by atoms with Crippen molar-refractivity contribution >= 4 is 34.5 Å². The zero-order valence-corrected chi connectivity index (χ0v) is 18.9. The Morgan fingerprint density at radius 3 is 2.60 bits per heavy atom. The number of aryl methyl sites for hydroxylation is 3. The minimum absolute atomic E-state index is 0.0731. The van der Waals surface area contributed by atoms with Crippen LogP contribution < -0.4 is 5.32 Å². The van der Waals surface area contributed by atoms with Crippen LogP contribution in [-0.4, -0.2) is 39.8 Å². The fourth-order valence-corrected chi connectivity index (χ4v) is 5.48. The molecule has 1 fully saturated rings. The largest absolute Gasteiger partial charge is 0.465 e. The van der Waals surface area contributed by atoms with E-state index in [2.05, 4.69) is 15.3 Å². The van der Waals surface area contributed by atoms with Gasteiger partial charge in [0.15, 0.2) is 0 Å². The third-order valence-electron chi connectivity index (χ3n) is 5.20. The van der Waals surface area contributed by atoms with Gasteiger partial charge in [0.2, 0.25) is 0 Å². The molecule has 9 heteroatoms. The molecule has 1 aliphatic heterocycles. The third kappa shape index (κ3) is 4.46. The Balaban J connectivity index is 1.32. The maximum atomic E-state index is 12.8. The summed E-state index contributed by atoms with van der Waals surface area (Å²) in [5, 5.41) is 6.53. The molecular formula is C21H24N4O3S2. The highest BCUT2D eigenvalue weighted by molar-refractivity contribution is 7.13. The molecule has 4 rings (SSSR count). The van der Waals surface area contributed by atoms with Gasteiger partial charge in [0.25, 0.3) is 11.8 Å². The lowest BCUT2D eigenvalue weighted by atomic mass is 9.97. The number of rotatable bonds is 5. The van der Waals surface area contributed by atoms with Gasteiger partial charge in [-0.05, 0) is 45.7 Å².